The van der Waals surface area contributed by atoms with E-state index in [-0.39, 0.29) is 6.61 Å². The number of esters is 1. The molecular weight excluding hydrogens is 252 g/mol. The van der Waals surface area contributed by atoms with Gasteiger partial charge in [-0.25, -0.2) is 4.79 Å². The lowest BCUT2D eigenvalue weighted by molar-refractivity contribution is -0.182. The predicted molar refractivity (Wildman–Crippen MR) is 69.8 cm³/mol. The molecular formula is C13H24O6. The molecule has 0 aromatic heterocycles. The van der Waals surface area contributed by atoms with Crippen LogP contribution in [0, 0.1) is 0 Å². The van der Waals surface area contributed by atoms with E-state index in [1.807, 2.05) is 6.92 Å². The van der Waals surface area contributed by atoms with Gasteiger partial charge in [-0.1, -0.05) is 6.58 Å². The highest BCUT2D eigenvalue weighted by atomic mass is 16.7. The van der Waals surface area contributed by atoms with Gasteiger partial charge in [0.05, 0.1) is 26.4 Å². The number of carbonyl (C=O) groups excluding carboxylic acids is 1. The zero-order valence-electron chi connectivity index (χ0n) is 12.0. The molecule has 0 aliphatic rings. The fourth-order valence-corrected chi connectivity index (χ4v) is 1.08. The van der Waals surface area contributed by atoms with Crippen molar-refractivity contribution in [3.63, 3.8) is 0 Å². The van der Waals surface area contributed by atoms with Crippen molar-refractivity contribution in [2.24, 2.45) is 0 Å². The van der Waals surface area contributed by atoms with E-state index < -0.39 is 12.3 Å². The fraction of sp³-hybridized carbons (Fsp3) is 0.769. The fourth-order valence-electron chi connectivity index (χ4n) is 1.08. The van der Waals surface area contributed by atoms with E-state index in [1.54, 1.807) is 14.0 Å². The quantitative estimate of drug-likeness (QED) is 0.231. The van der Waals surface area contributed by atoms with E-state index in [0.717, 1.165) is 0 Å². The number of carbonyl (C=O) groups is 1. The van der Waals surface area contributed by atoms with E-state index in [9.17, 15) is 4.79 Å². The molecule has 6 nitrogen and oxygen atoms in total. The molecule has 6 heteroatoms. The molecule has 0 aromatic carbocycles. The minimum atomic E-state index is -0.584. The first kappa shape index (κ1) is 18.0. The molecule has 1 unspecified atom stereocenters. The Hall–Kier alpha value is -0.950. The molecule has 0 aromatic rings. The van der Waals surface area contributed by atoms with Crippen molar-refractivity contribution in [2.45, 2.75) is 20.1 Å². The molecule has 0 saturated carbocycles. The van der Waals surface area contributed by atoms with Gasteiger partial charge in [-0.3, -0.25) is 0 Å². The van der Waals surface area contributed by atoms with Crippen molar-refractivity contribution in [2.75, 3.05) is 46.8 Å². The van der Waals surface area contributed by atoms with Gasteiger partial charge in [0, 0.05) is 19.3 Å². The van der Waals surface area contributed by atoms with Crippen molar-refractivity contribution < 1.29 is 28.5 Å². The van der Waals surface area contributed by atoms with Crippen LogP contribution < -0.4 is 0 Å². The number of rotatable bonds is 12. The smallest absolute Gasteiger partial charge is 0.333 e. The maximum Gasteiger partial charge on any atom is 0.333 e. The van der Waals surface area contributed by atoms with Gasteiger partial charge in [0.2, 0.25) is 0 Å². The first-order valence-electron chi connectivity index (χ1n) is 6.24. The normalized spacial score (nSPS) is 12.2. The van der Waals surface area contributed by atoms with E-state index >= 15 is 0 Å². The summed E-state index contributed by atoms with van der Waals surface area (Å²) >= 11 is 0. The molecule has 0 fully saturated rings. The predicted octanol–water partition coefficient (Wildman–Crippen LogP) is 1.15. The topological polar surface area (TPSA) is 63.2 Å². The van der Waals surface area contributed by atoms with Crippen LogP contribution >= 0.6 is 0 Å². The Morgan fingerprint density at radius 3 is 2.42 bits per heavy atom. The molecule has 112 valence electrons. The van der Waals surface area contributed by atoms with Gasteiger partial charge in [-0.2, -0.15) is 0 Å². The summed E-state index contributed by atoms with van der Waals surface area (Å²) in [6.45, 7) is 9.29. The summed E-state index contributed by atoms with van der Waals surface area (Å²) in [5, 5.41) is 0. The van der Waals surface area contributed by atoms with Crippen molar-refractivity contribution in [3.05, 3.63) is 12.2 Å². The van der Waals surface area contributed by atoms with E-state index in [1.165, 1.54) is 0 Å². The molecule has 0 aliphatic heterocycles. The molecule has 1 atom stereocenters. The van der Waals surface area contributed by atoms with E-state index in [0.29, 0.717) is 38.6 Å². The molecule has 19 heavy (non-hydrogen) atoms. The lowest BCUT2D eigenvalue weighted by Gasteiger charge is -2.17. The average molecular weight is 276 g/mol. The monoisotopic (exact) mass is 276 g/mol. The van der Waals surface area contributed by atoms with Crippen LogP contribution in [0.3, 0.4) is 0 Å². The summed E-state index contributed by atoms with van der Waals surface area (Å²) in [4.78, 5) is 11.2. The minimum absolute atomic E-state index is 0.0393. The first-order chi connectivity index (χ1) is 9.11. The van der Waals surface area contributed by atoms with Gasteiger partial charge in [-0.15, -0.1) is 0 Å². The molecule has 0 saturated heterocycles. The zero-order chi connectivity index (χ0) is 14.5. The van der Waals surface area contributed by atoms with Crippen molar-refractivity contribution in [3.8, 4) is 0 Å². The number of methoxy groups -OCH3 is 1. The largest absolute Gasteiger partial charge is 0.457 e. The number of ether oxygens (including phenoxy) is 5. The zero-order valence-corrected chi connectivity index (χ0v) is 12.0. The van der Waals surface area contributed by atoms with Crippen LogP contribution in [0.5, 0.6) is 0 Å². The standard InChI is InChI=1S/C13H24O6/c1-5-17-12(10-19-13(14)11(2)3)18-9-8-16-7-6-15-4/h12H,2,5-10H2,1,3-4H3. The molecule has 0 heterocycles. The van der Waals surface area contributed by atoms with Crippen molar-refractivity contribution >= 4 is 5.97 Å². The van der Waals surface area contributed by atoms with Crippen LogP contribution in [0.25, 0.3) is 0 Å². The van der Waals surface area contributed by atoms with Crippen LogP contribution in [0.1, 0.15) is 13.8 Å². The Labute approximate surface area is 114 Å². The first-order valence-corrected chi connectivity index (χ1v) is 6.24. The highest BCUT2D eigenvalue weighted by Gasteiger charge is 2.12. The second kappa shape index (κ2) is 12.1. The summed E-state index contributed by atoms with van der Waals surface area (Å²) < 4.78 is 25.7. The number of hydrogen-bond acceptors (Lipinski definition) is 6. The number of hydrogen-bond donors (Lipinski definition) is 0. The lowest BCUT2D eigenvalue weighted by Crippen LogP contribution is -2.27. The Kier molecular flexibility index (Phi) is 11.5. The highest BCUT2D eigenvalue weighted by Crippen LogP contribution is 2.00. The van der Waals surface area contributed by atoms with Gasteiger partial charge < -0.3 is 23.7 Å². The Bertz CT molecular complexity index is 254. The third-order valence-corrected chi connectivity index (χ3v) is 2.01. The average Bonchev–Trinajstić information content (AvgIpc) is 2.39. The van der Waals surface area contributed by atoms with Gasteiger partial charge in [0.25, 0.3) is 0 Å². The van der Waals surface area contributed by atoms with Crippen LogP contribution in [0.15, 0.2) is 12.2 Å². The van der Waals surface area contributed by atoms with Crippen molar-refractivity contribution in [1.29, 1.82) is 0 Å². The third-order valence-electron chi connectivity index (χ3n) is 2.01. The summed E-state index contributed by atoms with van der Waals surface area (Å²) in [6, 6.07) is 0. The van der Waals surface area contributed by atoms with Crippen LogP contribution in [-0.4, -0.2) is 59.0 Å². The minimum Gasteiger partial charge on any atom is -0.457 e. The molecule has 0 radical (unpaired) electrons. The summed E-state index contributed by atoms with van der Waals surface area (Å²) in [7, 11) is 1.61. The van der Waals surface area contributed by atoms with Gasteiger partial charge >= 0.3 is 5.97 Å². The SMILES string of the molecule is C=C(C)C(=O)OCC(OCC)OCCOCCOC. The summed E-state index contributed by atoms with van der Waals surface area (Å²) in [6.07, 6.45) is -0.584. The van der Waals surface area contributed by atoms with E-state index in [2.05, 4.69) is 6.58 Å². The highest BCUT2D eigenvalue weighted by molar-refractivity contribution is 5.86. The van der Waals surface area contributed by atoms with Crippen LogP contribution in [0.4, 0.5) is 0 Å². The van der Waals surface area contributed by atoms with Gasteiger partial charge in [-0.05, 0) is 13.8 Å². The molecule has 0 aliphatic carbocycles. The summed E-state index contributed by atoms with van der Waals surface area (Å²) in [5.41, 5.74) is 0.346. The lowest BCUT2D eigenvalue weighted by atomic mass is 10.4. The Morgan fingerprint density at radius 2 is 1.84 bits per heavy atom. The molecule has 0 amide bonds. The molecule has 0 bridgehead atoms. The maximum atomic E-state index is 11.2. The molecule has 0 N–H and O–H groups in total. The summed E-state index contributed by atoms with van der Waals surface area (Å²) in [5.74, 6) is -0.454. The van der Waals surface area contributed by atoms with Crippen LogP contribution in [0.2, 0.25) is 0 Å². The second-order valence-electron chi connectivity index (χ2n) is 3.74. The molecule has 0 spiro atoms. The second-order valence-corrected chi connectivity index (χ2v) is 3.74. The Morgan fingerprint density at radius 1 is 1.16 bits per heavy atom. The van der Waals surface area contributed by atoms with Gasteiger partial charge in [0.15, 0.2) is 6.29 Å². The van der Waals surface area contributed by atoms with Crippen LogP contribution in [-0.2, 0) is 28.5 Å². The van der Waals surface area contributed by atoms with Gasteiger partial charge in [0.1, 0.15) is 6.61 Å². The third kappa shape index (κ3) is 10.6. The Balaban J connectivity index is 3.73. The van der Waals surface area contributed by atoms with Crippen molar-refractivity contribution in [1.82, 2.24) is 0 Å². The molecule has 0 rings (SSSR count). The maximum absolute atomic E-state index is 11.2. The van der Waals surface area contributed by atoms with E-state index in [4.69, 9.17) is 23.7 Å².